The van der Waals surface area contributed by atoms with Gasteiger partial charge in [0.05, 0.1) is 0 Å². The van der Waals surface area contributed by atoms with Gasteiger partial charge in [-0.2, -0.15) is 0 Å². The highest BCUT2D eigenvalue weighted by Crippen LogP contribution is 2.14. The van der Waals surface area contributed by atoms with E-state index in [-0.39, 0.29) is 0 Å². The van der Waals surface area contributed by atoms with Crippen LogP contribution in [0.3, 0.4) is 0 Å². The first-order chi connectivity index (χ1) is 9.19. The Kier molecular flexibility index (Phi) is 5.16. The molecule has 2 rings (SSSR count). The second kappa shape index (κ2) is 6.87. The number of aromatic nitrogens is 1. The van der Waals surface area contributed by atoms with Crippen molar-refractivity contribution in [1.29, 1.82) is 0 Å². The zero-order valence-corrected chi connectivity index (χ0v) is 12.2. The summed E-state index contributed by atoms with van der Waals surface area (Å²) < 4.78 is 0. The van der Waals surface area contributed by atoms with E-state index in [1.807, 2.05) is 6.20 Å². The Labute approximate surface area is 116 Å². The van der Waals surface area contributed by atoms with Gasteiger partial charge in [0.25, 0.3) is 0 Å². The summed E-state index contributed by atoms with van der Waals surface area (Å²) >= 11 is 0. The highest BCUT2D eigenvalue weighted by atomic mass is 15.3. The molecule has 2 heterocycles. The molecular formula is C15H26N4. The number of pyridine rings is 1. The van der Waals surface area contributed by atoms with E-state index in [1.54, 1.807) is 0 Å². The van der Waals surface area contributed by atoms with Gasteiger partial charge in [-0.1, -0.05) is 19.9 Å². The molecule has 0 radical (unpaired) electrons. The number of rotatable bonds is 5. The third-order valence-corrected chi connectivity index (χ3v) is 3.56. The molecule has 4 nitrogen and oxygen atoms in total. The van der Waals surface area contributed by atoms with Crippen molar-refractivity contribution < 1.29 is 0 Å². The van der Waals surface area contributed by atoms with E-state index in [1.165, 1.54) is 12.1 Å². The van der Waals surface area contributed by atoms with Gasteiger partial charge < -0.3 is 10.6 Å². The highest BCUT2D eigenvalue weighted by Gasteiger charge is 2.18. The van der Waals surface area contributed by atoms with Crippen molar-refractivity contribution in [1.82, 2.24) is 9.88 Å². The highest BCUT2D eigenvalue weighted by molar-refractivity contribution is 5.40. The first kappa shape index (κ1) is 14.3. The lowest BCUT2D eigenvalue weighted by atomic mass is 10.2. The first-order valence-corrected chi connectivity index (χ1v) is 7.31. The van der Waals surface area contributed by atoms with Crippen LogP contribution < -0.4 is 10.6 Å². The second-order valence-electron chi connectivity index (χ2n) is 5.74. The molecule has 1 aromatic heterocycles. The van der Waals surface area contributed by atoms with Crippen LogP contribution in [0, 0.1) is 5.92 Å². The SMILES string of the molecule is CC(C)CN1CCN(c2ccc(CCN)cn2)CC1. The molecule has 0 unspecified atom stereocenters. The number of piperazine rings is 1. The molecule has 106 valence electrons. The molecule has 1 saturated heterocycles. The molecule has 1 fully saturated rings. The summed E-state index contributed by atoms with van der Waals surface area (Å²) in [4.78, 5) is 9.48. The molecular weight excluding hydrogens is 236 g/mol. The Bertz CT molecular complexity index is 366. The molecule has 0 bridgehead atoms. The van der Waals surface area contributed by atoms with Crippen molar-refractivity contribution in [2.75, 3.05) is 44.2 Å². The van der Waals surface area contributed by atoms with Gasteiger partial charge in [0, 0.05) is 38.9 Å². The third kappa shape index (κ3) is 4.18. The largest absolute Gasteiger partial charge is 0.354 e. The van der Waals surface area contributed by atoms with Crippen LogP contribution in [0.25, 0.3) is 0 Å². The van der Waals surface area contributed by atoms with E-state index < -0.39 is 0 Å². The minimum Gasteiger partial charge on any atom is -0.354 e. The van der Waals surface area contributed by atoms with Crippen LogP contribution >= 0.6 is 0 Å². The van der Waals surface area contributed by atoms with Crippen molar-refractivity contribution >= 4 is 5.82 Å². The minimum absolute atomic E-state index is 0.689. The molecule has 4 heteroatoms. The summed E-state index contributed by atoms with van der Waals surface area (Å²) in [5, 5.41) is 0. The zero-order chi connectivity index (χ0) is 13.7. The molecule has 0 spiro atoms. The smallest absolute Gasteiger partial charge is 0.128 e. The topological polar surface area (TPSA) is 45.4 Å². The van der Waals surface area contributed by atoms with Crippen molar-refractivity contribution in [3.8, 4) is 0 Å². The summed E-state index contributed by atoms with van der Waals surface area (Å²) in [7, 11) is 0. The quantitative estimate of drug-likeness (QED) is 0.870. The number of nitrogens with two attached hydrogens (primary N) is 1. The summed E-state index contributed by atoms with van der Waals surface area (Å²) in [5.41, 5.74) is 6.78. The lowest BCUT2D eigenvalue weighted by Gasteiger charge is -2.36. The number of nitrogens with zero attached hydrogens (tertiary/aromatic N) is 3. The van der Waals surface area contributed by atoms with Crippen molar-refractivity contribution in [3.63, 3.8) is 0 Å². The molecule has 0 saturated carbocycles. The van der Waals surface area contributed by atoms with Gasteiger partial charge >= 0.3 is 0 Å². The van der Waals surface area contributed by atoms with E-state index in [2.05, 4.69) is 40.8 Å². The summed E-state index contributed by atoms with van der Waals surface area (Å²) in [5.74, 6) is 1.85. The monoisotopic (exact) mass is 262 g/mol. The van der Waals surface area contributed by atoms with E-state index in [0.29, 0.717) is 6.54 Å². The van der Waals surface area contributed by atoms with Crippen LogP contribution in [-0.4, -0.2) is 49.2 Å². The lowest BCUT2D eigenvalue weighted by molar-refractivity contribution is 0.231. The van der Waals surface area contributed by atoms with Gasteiger partial charge in [0.2, 0.25) is 0 Å². The third-order valence-electron chi connectivity index (χ3n) is 3.56. The Balaban J connectivity index is 1.87. The fourth-order valence-corrected chi connectivity index (χ4v) is 2.59. The van der Waals surface area contributed by atoms with Gasteiger partial charge in [-0.3, -0.25) is 4.90 Å². The van der Waals surface area contributed by atoms with E-state index in [0.717, 1.165) is 44.3 Å². The Morgan fingerprint density at radius 3 is 2.47 bits per heavy atom. The number of anilines is 1. The van der Waals surface area contributed by atoms with Crippen LogP contribution in [-0.2, 0) is 6.42 Å². The molecule has 0 aromatic carbocycles. The van der Waals surface area contributed by atoms with Crippen LogP contribution in [0.15, 0.2) is 18.3 Å². The standard InChI is InChI=1S/C15H26N4/c1-13(2)12-18-7-9-19(10-8-18)15-4-3-14(5-6-16)11-17-15/h3-4,11,13H,5-10,12,16H2,1-2H3. The predicted octanol–water partition coefficient (Wildman–Crippen LogP) is 1.36. The van der Waals surface area contributed by atoms with Crippen molar-refractivity contribution in [2.45, 2.75) is 20.3 Å². The Hall–Kier alpha value is -1.13. The van der Waals surface area contributed by atoms with Gasteiger partial charge in [0.15, 0.2) is 0 Å². The maximum Gasteiger partial charge on any atom is 0.128 e. The maximum atomic E-state index is 5.55. The summed E-state index contributed by atoms with van der Waals surface area (Å²) in [6, 6.07) is 4.28. The fraction of sp³-hybridized carbons (Fsp3) is 0.667. The number of hydrogen-bond donors (Lipinski definition) is 1. The minimum atomic E-state index is 0.689. The van der Waals surface area contributed by atoms with Gasteiger partial charge in [-0.05, 0) is 30.5 Å². The average Bonchev–Trinajstić information content (AvgIpc) is 2.40. The van der Waals surface area contributed by atoms with E-state index >= 15 is 0 Å². The lowest BCUT2D eigenvalue weighted by Crippen LogP contribution is -2.47. The second-order valence-corrected chi connectivity index (χ2v) is 5.74. The van der Waals surface area contributed by atoms with Gasteiger partial charge in [-0.25, -0.2) is 4.98 Å². The number of hydrogen-bond acceptors (Lipinski definition) is 4. The van der Waals surface area contributed by atoms with Crippen LogP contribution in [0.2, 0.25) is 0 Å². The van der Waals surface area contributed by atoms with Crippen molar-refractivity contribution in [2.24, 2.45) is 11.7 Å². The molecule has 0 aliphatic carbocycles. The fourth-order valence-electron chi connectivity index (χ4n) is 2.59. The molecule has 1 aliphatic rings. The molecule has 1 aromatic rings. The molecule has 2 N–H and O–H groups in total. The Morgan fingerprint density at radius 1 is 1.21 bits per heavy atom. The summed E-state index contributed by atoms with van der Waals surface area (Å²) in [6.07, 6.45) is 2.87. The van der Waals surface area contributed by atoms with Crippen LogP contribution in [0.4, 0.5) is 5.82 Å². The molecule has 1 aliphatic heterocycles. The van der Waals surface area contributed by atoms with E-state index in [4.69, 9.17) is 5.73 Å². The molecule has 0 amide bonds. The van der Waals surface area contributed by atoms with Crippen molar-refractivity contribution in [3.05, 3.63) is 23.9 Å². The average molecular weight is 262 g/mol. The first-order valence-electron chi connectivity index (χ1n) is 7.31. The van der Waals surface area contributed by atoms with Crippen LogP contribution in [0.1, 0.15) is 19.4 Å². The summed E-state index contributed by atoms with van der Waals surface area (Å²) in [6.45, 7) is 10.9. The maximum absolute atomic E-state index is 5.55. The zero-order valence-electron chi connectivity index (χ0n) is 12.2. The Morgan fingerprint density at radius 2 is 1.95 bits per heavy atom. The van der Waals surface area contributed by atoms with Crippen LogP contribution in [0.5, 0.6) is 0 Å². The predicted molar refractivity (Wildman–Crippen MR) is 80.5 cm³/mol. The normalized spacial score (nSPS) is 17.2. The van der Waals surface area contributed by atoms with Gasteiger partial charge in [-0.15, -0.1) is 0 Å². The van der Waals surface area contributed by atoms with E-state index in [9.17, 15) is 0 Å². The van der Waals surface area contributed by atoms with Gasteiger partial charge in [0.1, 0.15) is 5.82 Å². The molecule has 19 heavy (non-hydrogen) atoms. The molecule has 0 atom stereocenters.